The van der Waals surface area contributed by atoms with Crippen LogP contribution >= 0.6 is 0 Å². The van der Waals surface area contributed by atoms with Crippen molar-refractivity contribution in [1.82, 2.24) is 9.55 Å². The summed E-state index contributed by atoms with van der Waals surface area (Å²) in [6.07, 6.45) is 3.77. The molecule has 0 aliphatic rings. The molecule has 0 atom stereocenters. The first-order valence-corrected chi connectivity index (χ1v) is 6.68. The van der Waals surface area contributed by atoms with E-state index in [2.05, 4.69) is 28.7 Å². The molecule has 0 saturated heterocycles. The maximum absolute atomic E-state index is 5.60. The van der Waals surface area contributed by atoms with Crippen molar-refractivity contribution in [2.24, 2.45) is 0 Å². The van der Waals surface area contributed by atoms with E-state index >= 15 is 0 Å². The van der Waals surface area contributed by atoms with Gasteiger partial charge in [-0.15, -0.1) is 0 Å². The van der Waals surface area contributed by atoms with Crippen LogP contribution in [0.5, 0.6) is 5.75 Å². The predicted octanol–water partition coefficient (Wildman–Crippen LogP) is 3.47. The van der Waals surface area contributed by atoms with Gasteiger partial charge in [0.05, 0.1) is 30.9 Å². The minimum Gasteiger partial charge on any atom is -0.492 e. The molecule has 2 aromatic rings. The lowest BCUT2D eigenvalue weighted by Crippen LogP contribution is -2.09. The van der Waals surface area contributed by atoms with E-state index < -0.39 is 0 Å². The van der Waals surface area contributed by atoms with Crippen LogP contribution in [0.25, 0.3) is 0 Å². The highest BCUT2D eigenvalue weighted by molar-refractivity contribution is 5.56. The number of para-hydroxylation sites is 2. The van der Waals surface area contributed by atoms with E-state index in [1.807, 2.05) is 43.7 Å². The highest BCUT2D eigenvalue weighted by atomic mass is 16.5. The Morgan fingerprint density at radius 3 is 2.84 bits per heavy atom. The van der Waals surface area contributed by atoms with Gasteiger partial charge in [0.2, 0.25) is 0 Å². The Labute approximate surface area is 114 Å². The molecule has 0 saturated carbocycles. The molecule has 2 rings (SSSR count). The summed E-state index contributed by atoms with van der Waals surface area (Å²) in [4.78, 5) is 4.21. The van der Waals surface area contributed by atoms with Crippen LogP contribution in [0.1, 0.15) is 32.5 Å². The molecule has 0 aliphatic heterocycles. The van der Waals surface area contributed by atoms with Crippen molar-refractivity contribution in [3.8, 4) is 5.75 Å². The van der Waals surface area contributed by atoms with Gasteiger partial charge in [0.1, 0.15) is 5.75 Å². The molecule has 0 unspecified atom stereocenters. The van der Waals surface area contributed by atoms with E-state index in [-0.39, 0.29) is 0 Å². The van der Waals surface area contributed by atoms with Crippen molar-refractivity contribution in [2.75, 3.05) is 11.9 Å². The molecule has 1 aromatic heterocycles. The van der Waals surface area contributed by atoms with Gasteiger partial charge in [-0.2, -0.15) is 0 Å². The predicted molar refractivity (Wildman–Crippen MR) is 77.5 cm³/mol. The molecule has 0 amide bonds. The summed E-state index contributed by atoms with van der Waals surface area (Å²) in [5.41, 5.74) is 2.18. The molecule has 19 heavy (non-hydrogen) atoms. The quantitative estimate of drug-likeness (QED) is 0.863. The normalized spacial score (nSPS) is 10.7. The average molecular weight is 259 g/mol. The fourth-order valence-corrected chi connectivity index (χ4v) is 2.01. The zero-order valence-corrected chi connectivity index (χ0v) is 11.8. The zero-order chi connectivity index (χ0) is 13.7. The second-order valence-corrected chi connectivity index (χ2v) is 4.67. The van der Waals surface area contributed by atoms with E-state index in [1.54, 1.807) is 0 Å². The third-order valence-corrected chi connectivity index (χ3v) is 2.95. The highest BCUT2D eigenvalue weighted by Crippen LogP contribution is 2.24. The third kappa shape index (κ3) is 3.28. The number of hydrogen-bond acceptors (Lipinski definition) is 3. The number of hydrogen-bond donors (Lipinski definition) is 1. The zero-order valence-electron chi connectivity index (χ0n) is 11.8. The van der Waals surface area contributed by atoms with E-state index in [4.69, 9.17) is 4.74 Å². The average Bonchev–Trinajstić information content (AvgIpc) is 2.86. The molecular weight excluding hydrogens is 238 g/mol. The largest absolute Gasteiger partial charge is 0.492 e. The van der Waals surface area contributed by atoms with Crippen molar-refractivity contribution in [1.29, 1.82) is 0 Å². The van der Waals surface area contributed by atoms with Crippen LogP contribution in [0.4, 0.5) is 5.69 Å². The second kappa shape index (κ2) is 6.27. The minimum absolute atomic E-state index is 0.418. The van der Waals surface area contributed by atoms with Gasteiger partial charge in [-0.1, -0.05) is 12.1 Å². The minimum atomic E-state index is 0.418. The topological polar surface area (TPSA) is 39.1 Å². The number of anilines is 1. The van der Waals surface area contributed by atoms with Crippen LogP contribution in [0, 0.1) is 0 Å². The highest BCUT2D eigenvalue weighted by Gasteiger charge is 2.06. The van der Waals surface area contributed by atoms with Crippen LogP contribution in [0.2, 0.25) is 0 Å². The molecule has 1 aromatic carbocycles. The van der Waals surface area contributed by atoms with Crippen molar-refractivity contribution >= 4 is 5.69 Å². The number of aromatic nitrogens is 2. The van der Waals surface area contributed by atoms with Crippen LogP contribution in [0.3, 0.4) is 0 Å². The molecular formula is C15H21N3O. The van der Waals surface area contributed by atoms with Crippen LogP contribution < -0.4 is 10.1 Å². The summed E-state index contributed by atoms with van der Waals surface area (Å²) in [6, 6.07) is 8.41. The maximum atomic E-state index is 5.60. The number of rotatable bonds is 6. The standard InChI is InChI=1S/C15H21N3O/c1-4-19-15-8-6-5-7-14(15)17-10-13-9-16-11-18(13)12(2)3/h5-9,11-12,17H,4,10H2,1-3H3. The number of ether oxygens (including phenoxy) is 1. The lowest BCUT2D eigenvalue weighted by atomic mass is 10.3. The van der Waals surface area contributed by atoms with E-state index in [0.717, 1.165) is 18.0 Å². The monoisotopic (exact) mass is 259 g/mol. The summed E-state index contributed by atoms with van der Waals surface area (Å²) >= 11 is 0. The molecule has 1 heterocycles. The second-order valence-electron chi connectivity index (χ2n) is 4.67. The van der Waals surface area contributed by atoms with Crippen LogP contribution in [-0.4, -0.2) is 16.2 Å². The van der Waals surface area contributed by atoms with E-state index in [1.165, 1.54) is 5.69 Å². The Balaban J connectivity index is 2.08. The Kier molecular flexibility index (Phi) is 4.44. The molecule has 0 spiro atoms. The Bertz CT molecular complexity index is 520. The van der Waals surface area contributed by atoms with Gasteiger partial charge >= 0.3 is 0 Å². The lowest BCUT2D eigenvalue weighted by Gasteiger charge is -2.15. The smallest absolute Gasteiger partial charge is 0.142 e. The van der Waals surface area contributed by atoms with Gasteiger partial charge < -0.3 is 14.6 Å². The first kappa shape index (κ1) is 13.5. The molecule has 0 radical (unpaired) electrons. The van der Waals surface area contributed by atoms with Crippen molar-refractivity contribution < 1.29 is 4.74 Å². The summed E-state index contributed by atoms with van der Waals surface area (Å²) < 4.78 is 7.76. The van der Waals surface area contributed by atoms with Crippen LogP contribution in [0.15, 0.2) is 36.8 Å². The Morgan fingerprint density at radius 1 is 1.32 bits per heavy atom. The Morgan fingerprint density at radius 2 is 2.11 bits per heavy atom. The first-order valence-electron chi connectivity index (χ1n) is 6.68. The van der Waals surface area contributed by atoms with Crippen molar-refractivity contribution in [2.45, 2.75) is 33.4 Å². The number of benzene rings is 1. The van der Waals surface area contributed by atoms with Gasteiger partial charge in [0.15, 0.2) is 0 Å². The summed E-state index contributed by atoms with van der Waals surface area (Å²) in [5.74, 6) is 0.889. The molecule has 0 aliphatic carbocycles. The Hall–Kier alpha value is -1.97. The number of nitrogens with zero attached hydrogens (tertiary/aromatic N) is 2. The van der Waals surface area contributed by atoms with Gasteiger partial charge in [-0.25, -0.2) is 4.98 Å². The van der Waals surface area contributed by atoms with Gasteiger partial charge in [-0.05, 0) is 32.9 Å². The van der Waals surface area contributed by atoms with E-state index in [0.29, 0.717) is 12.6 Å². The molecule has 4 heteroatoms. The number of imidazole rings is 1. The fraction of sp³-hybridized carbons (Fsp3) is 0.400. The lowest BCUT2D eigenvalue weighted by molar-refractivity contribution is 0.341. The maximum Gasteiger partial charge on any atom is 0.142 e. The first-order chi connectivity index (χ1) is 9.22. The van der Waals surface area contributed by atoms with Gasteiger partial charge in [0.25, 0.3) is 0 Å². The fourth-order valence-electron chi connectivity index (χ4n) is 2.01. The van der Waals surface area contributed by atoms with Crippen molar-refractivity contribution in [3.63, 3.8) is 0 Å². The molecule has 0 bridgehead atoms. The summed E-state index contributed by atoms with van der Waals surface area (Å²) in [7, 11) is 0. The molecule has 4 nitrogen and oxygen atoms in total. The van der Waals surface area contributed by atoms with E-state index in [9.17, 15) is 0 Å². The van der Waals surface area contributed by atoms with Crippen molar-refractivity contribution in [3.05, 3.63) is 42.5 Å². The van der Waals surface area contributed by atoms with Gasteiger partial charge in [0, 0.05) is 12.2 Å². The van der Waals surface area contributed by atoms with Crippen LogP contribution in [-0.2, 0) is 6.54 Å². The molecule has 102 valence electrons. The summed E-state index contributed by atoms with van der Waals surface area (Å²) in [5, 5.41) is 3.41. The molecule has 1 N–H and O–H groups in total. The SMILES string of the molecule is CCOc1ccccc1NCc1cncn1C(C)C. The number of nitrogens with one attached hydrogen (secondary N) is 1. The molecule has 0 fully saturated rings. The third-order valence-electron chi connectivity index (χ3n) is 2.95. The van der Waals surface area contributed by atoms with Gasteiger partial charge in [-0.3, -0.25) is 0 Å². The summed E-state index contributed by atoms with van der Waals surface area (Å²) in [6.45, 7) is 7.70.